The number of thioether (sulfide) groups is 1. The molecule has 0 aliphatic carbocycles. The normalized spacial score (nSPS) is 23.0. The van der Waals surface area contributed by atoms with Crippen LogP contribution in [0.15, 0.2) is 41.3 Å². The van der Waals surface area contributed by atoms with E-state index < -0.39 is 0 Å². The number of piperidine rings is 1. The Hall–Kier alpha value is -1.69. The van der Waals surface area contributed by atoms with Crippen LogP contribution in [-0.4, -0.2) is 48.7 Å². The van der Waals surface area contributed by atoms with Crippen molar-refractivity contribution < 1.29 is 4.79 Å². The molecule has 0 bridgehead atoms. The Morgan fingerprint density at radius 2 is 2.13 bits per heavy atom. The first-order valence-corrected chi connectivity index (χ1v) is 12.3. The SMILES string of the molecule is Nc1cc(Cl)ccc1C(=O)CCCN1CCC2C(C1)c1cccc3c1N2CCCS3. The van der Waals surface area contributed by atoms with E-state index >= 15 is 0 Å². The Kier molecular flexibility index (Phi) is 5.69. The second-order valence-electron chi connectivity index (χ2n) is 8.61. The van der Waals surface area contributed by atoms with Gasteiger partial charge in [-0.25, -0.2) is 0 Å². The summed E-state index contributed by atoms with van der Waals surface area (Å²) in [5, 5.41) is 0.569. The van der Waals surface area contributed by atoms with Crippen LogP contribution in [0.4, 0.5) is 11.4 Å². The topological polar surface area (TPSA) is 49.6 Å². The maximum absolute atomic E-state index is 12.6. The minimum atomic E-state index is 0.111. The number of halogens is 1. The highest BCUT2D eigenvalue weighted by atomic mass is 35.5. The molecule has 2 aromatic carbocycles. The summed E-state index contributed by atoms with van der Waals surface area (Å²) in [7, 11) is 0. The number of fused-ring (bicyclic) bond motifs is 3. The molecular formula is C24H28ClN3OS. The first kappa shape index (κ1) is 20.2. The fourth-order valence-electron chi connectivity index (χ4n) is 5.40. The molecule has 3 aliphatic rings. The molecule has 0 amide bonds. The Morgan fingerprint density at radius 1 is 1.23 bits per heavy atom. The van der Waals surface area contributed by atoms with Crippen molar-refractivity contribution >= 4 is 40.5 Å². The molecule has 1 saturated heterocycles. The lowest BCUT2D eigenvalue weighted by atomic mass is 9.89. The number of para-hydroxylation sites is 1. The molecule has 6 heteroatoms. The molecule has 4 nitrogen and oxygen atoms in total. The summed E-state index contributed by atoms with van der Waals surface area (Å²) >= 11 is 7.97. The van der Waals surface area contributed by atoms with Crippen LogP contribution >= 0.6 is 23.4 Å². The van der Waals surface area contributed by atoms with Crippen LogP contribution in [0.1, 0.15) is 47.5 Å². The van der Waals surface area contributed by atoms with Crippen LogP contribution in [0.5, 0.6) is 0 Å². The summed E-state index contributed by atoms with van der Waals surface area (Å²) < 4.78 is 0. The smallest absolute Gasteiger partial charge is 0.164 e. The highest BCUT2D eigenvalue weighted by Crippen LogP contribution is 2.50. The second kappa shape index (κ2) is 8.45. The lowest BCUT2D eigenvalue weighted by molar-refractivity contribution is 0.0972. The standard InChI is InChI=1S/C24H28ClN3OS/c25-16-7-8-18(20(26)14-16)22(29)5-2-10-27-12-9-21-19(15-27)17-4-1-6-23-24(17)28(21)11-3-13-30-23/h1,4,6-8,14,19,21H,2-3,5,9-13,15,26H2. The van der Waals surface area contributed by atoms with E-state index in [2.05, 4.69) is 28.0 Å². The van der Waals surface area contributed by atoms with Gasteiger partial charge in [0.2, 0.25) is 0 Å². The van der Waals surface area contributed by atoms with Gasteiger partial charge in [-0.3, -0.25) is 4.79 Å². The third kappa shape index (κ3) is 3.72. The number of carbonyl (C=O) groups excluding carboxylic acids is 1. The fraction of sp³-hybridized carbons (Fsp3) is 0.458. The van der Waals surface area contributed by atoms with Crippen molar-refractivity contribution in [2.45, 2.75) is 42.5 Å². The summed E-state index contributed by atoms with van der Waals surface area (Å²) in [5.41, 5.74) is 10.1. The number of hydrogen-bond donors (Lipinski definition) is 1. The number of ketones is 1. The van der Waals surface area contributed by atoms with Crippen LogP contribution in [0.2, 0.25) is 5.02 Å². The Bertz CT molecular complexity index is 965. The van der Waals surface area contributed by atoms with Crippen LogP contribution < -0.4 is 10.6 Å². The number of benzene rings is 2. The summed E-state index contributed by atoms with van der Waals surface area (Å²) in [4.78, 5) is 19.3. The van der Waals surface area contributed by atoms with Crippen LogP contribution in [0.3, 0.4) is 0 Å². The van der Waals surface area contributed by atoms with E-state index in [-0.39, 0.29) is 5.78 Å². The second-order valence-corrected chi connectivity index (χ2v) is 10.2. The predicted molar refractivity (Wildman–Crippen MR) is 126 cm³/mol. The predicted octanol–water partition coefficient (Wildman–Crippen LogP) is 5.06. The highest BCUT2D eigenvalue weighted by Gasteiger charge is 2.43. The lowest BCUT2D eigenvalue weighted by Crippen LogP contribution is -2.46. The van der Waals surface area contributed by atoms with Gasteiger partial charge in [0, 0.05) is 59.2 Å². The minimum Gasteiger partial charge on any atom is -0.398 e. The van der Waals surface area contributed by atoms with Gasteiger partial charge in [-0.15, -0.1) is 11.8 Å². The largest absolute Gasteiger partial charge is 0.398 e. The molecule has 158 valence electrons. The third-order valence-corrected chi connectivity index (χ3v) is 8.14. The first-order chi connectivity index (χ1) is 14.6. The number of anilines is 2. The van der Waals surface area contributed by atoms with E-state index in [0.29, 0.717) is 34.7 Å². The van der Waals surface area contributed by atoms with Crippen LogP contribution in [0.25, 0.3) is 0 Å². The number of carbonyl (C=O) groups is 1. The molecule has 2 N–H and O–H groups in total. The van der Waals surface area contributed by atoms with Gasteiger partial charge in [0.05, 0.1) is 5.69 Å². The summed E-state index contributed by atoms with van der Waals surface area (Å²) in [6.07, 6.45) is 3.87. The van der Waals surface area contributed by atoms with E-state index in [1.165, 1.54) is 35.7 Å². The van der Waals surface area contributed by atoms with Crippen molar-refractivity contribution in [2.24, 2.45) is 0 Å². The summed E-state index contributed by atoms with van der Waals surface area (Å²) in [5.74, 6) is 1.93. The van der Waals surface area contributed by atoms with Gasteiger partial charge in [0.1, 0.15) is 0 Å². The molecule has 3 heterocycles. The van der Waals surface area contributed by atoms with Gasteiger partial charge in [0.25, 0.3) is 0 Å². The molecule has 30 heavy (non-hydrogen) atoms. The minimum absolute atomic E-state index is 0.111. The number of likely N-dealkylation sites (tertiary alicyclic amines) is 1. The Labute approximate surface area is 187 Å². The zero-order valence-corrected chi connectivity index (χ0v) is 18.7. The molecule has 0 aromatic heterocycles. The maximum Gasteiger partial charge on any atom is 0.164 e. The van der Waals surface area contributed by atoms with Crippen molar-refractivity contribution in [3.63, 3.8) is 0 Å². The Morgan fingerprint density at radius 3 is 3.00 bits per heavy atom. The van der Waals surface area contributed by atoms with Gasteiger partial charge < -0.3 is 15.5 Å². The van der Waals surface area contributed by atoms with Gasteiger partial charge in [0.15, 0.2) is 5.78 Å². The number of nitrogens with zero attached hydrogens (tertiary/aromatic N) is 2. The van der Waals surface area contributed by atoms with Crippen LogP contribution in [0, 0.1) is 0 Å². The summed E-state index contributed by atoms with van der Waals surface area (Å²) in [6.45, 7) is 4.37. The molecule has 0 spiro atoms. The number of hydrogen-bond acceptors (Lipinski definition) is 5. The monoisotopic (exact) mass is 441 g/mol. The molecule has 3 aliphatic heterocycles. The average Bonchev–Trinajstić information content (AvgIpc) is 2.89. The molecule has 2 atom stereocenters. The third-order valence-electron chi connectivity index (χ3n) is 6.77. The average molecular weight is 442 g/mol. The molecule has 0 radical (unpaired) electrons. The van der Waals surface area contributed by atoms with E-state index in [9.17, 15) is 4.79 Å². The fourth-order valence-corrected chi connectivity index (χ4v) is 6.62. The molecule has 1 fully saturated rings. The zero-order valence-electron chi connectivity index (χ0n) is 17.1. The molecular weight excluding hydrogens is 414 g/mol. The summed E-state index contributed by atoms with van der Waals surface area (Å²) in [6, 6.07) is 12.7. The van der Waals surface area contributed by atoms with Gasteiger partial charge >= 0.3 is 0 Å². The zero-order chi connectivity index (χ0) is 20.7. The molecule has 0 saturated carbocycles. The van der Waals surface area contributed by atoms with Crippen molar-refractivity contribution in [3.8, 4) is 0 Å². The van der Waals surface area contributed by atoms with Gasteiger partial charge in [-0.1, -0.05) is 23.7 Å². The van der Waals surface area contributed by atoms with Crippen molar-refractivity contribution in [3.05, 3.63) is 52.5 Å². The van der Waals surface area contributed by atoms with Crippen molar-refractivity contribution in [1.82, 2.24) is 4.90 Å². The molecule has 5 rings (SSSR count). The van der Waals surface area contributed by atoms with Crippen molar-refractivity contribution in [2.75, 3.05) is 42.6 Å². The van der Waals surface area contributed by atoms with Crippen LogP contribution in [-0.2, 0) is 0 Å². The van der Waals surface area contributed by atoms with E-state index in [0.717, 1.165) is 26.1 Å². The first-order valence-electron chi connectivity index (χ1n) is 10.9. The van der Waals surface area contributed by atoms with E-state index in [1.54, 1.807) is 23.8 Å². The number of nitrogen functional groups attached to an aromatic ring is 1. The number of Topliss-reactive ketones (excluding diaryl/α,β-unsaturated/α-hetero) is 1. The van der Waals surface area contributed by atoms with Crippen molar-refractivity contribution in [1.29, 1.82) is 0 Å². The highest BCUT2D eigenvalue weighted by molar-refractivity contribution is 7.99. The van der Waals surface area contributed by atoms with Gasteiger partial charge in [-0.2, -0.15) is 0 Å². The molecule has 2 aromatic rings. The van der Waals surface area contributed by atoms with Gasteiger partial charge in [-0.05, 0) is 61.4 Å². The quantitative estimate of drug-likeness (QED) is 0.519. The number of nitrogens with two attached hydrogens (primary N) is 1. The van der Waals surface area contributed by atoms with E-state index in [4.69, 9.17) is 17.3 Å². The Balaban J connectivity index is 1.22. The lowest BCUT2D eigenvalue weighted by Gasteiger charge is -2.39. The molecule has 2 unspecified atom stereocenters. The number of rotatable bonds is 5. The maximum atomic E-state index is 12.6. The van der Waals surface area contributed by atoms with E-state index in [1.807, 2.05) is 11.8 Å².